The molecule has 0 aliphatic heterocycles. The molecular weight excluding hydrogens is 510 g/mol. The van der Waals surface area contributed by atoms with Crippen LogP contribution in [0.3, 0.4) is 0 Å². The van der Waals surface area contributed by atoms with Crippen LogP contribution in [-0.2, 0) is 0 Å². The van der Waals surface area contributed by atoms with Gasteiger partial charge in [0.25, 0.3) is 0 Å². The van der Waals surface area contributed by atoms with Crippen molar-refractivity contribution in [3.63, 3.8) is 0 Å². The Labute approximate surface area is 246 Å². The number of hydrogen-bond acceptors (Lipinski definition) is 3. The van der Waals surface area contributed by atoms with Gasteiger partial charge in [0, 0.05) is 23.5 Å². The Hall–Kier alpha value is -5.41. The van der Waals surface area contributed by atoms with Crippen LogP contribution in [0.1, 0.15) is 11.1 Å². The number of aryl methyl sites for hydroxylation is 2. The third-order valence-corrected chi connectivity index (χ3v) is 7.75. The molecule has 5 aromatic carbocycles. The monoisotopic (exact) mass is 539 g/mol. The van der Waals surface area contributed by atoms with E-state index in [1.165, 1.54) is 11.1 Å². The average molecular weight is 540 g/mol. The highest BCUT2D eigenvalue weighted by Crippen LogP contribution is 2.38. The molecule has 0 saturated heterocycles. The van der Waals surface area contributed by atoms with E-state index >= 15 is 0 Å². The van der Waals surface area contributed by atoms with Crippen LogP contribution in [0.4, 0.5) is 0 Å². The van der Waals surface area contributed by atoms with E-state index < -0.39 is 0 Å². The topological polar surface area (TPSA) is 38.7 Å². The fourth-order valence-electron chi connectivity index (χ4n) is 5.41. The van der Waals surface area contributed by atoms with Crippen molar-refractivity contribution in [2.24, 2.45) is 0 Å². The Kier molecular flexibility index (Phi) is 6.61. The Bertz CT molecular complexity index is 2000. The number of benzene rings is 5. The molecule has 0 N–H and O–H groups in total. The van der Waals surface area contributed by atoms with Gasteiger partial charge in [-0.2, -0.15) is 0 Å². The van der Waals surface area contributed by atoms with E-state index in [1.54, 1.807) is 0 Å². The van der Waals surface area contributed by atoms with Crippen LogP contribution in [0, 0.1) is 13.8 Å². The van der Waals surface area contributed by atoms with E-state index in [-0.39, 0.29) is 0 Å². The minimum absolute atomic E-state index is 0.868. The van der Waals surface area contributed by atoms with Crippen molar-refractivity contribution in [2.75, 3.05) is 0 Å². The van der Waals surface area contributed by atoms with Gasteiger partial charge >= 0.3 is 0 Å². The zero-order valence-corrected chi connectivity index (χ0v) is 23.6. The largest absolute Gasteiger partial charge is 0.265 e. The van der Waals surface area contributed by atoms with Gasteiger partial charge in [0.15, 0.2) is 0 Å². The normalized spacial score (nSPS) is 11.1. The molecule has 0 atom stereocenters. The molecular formula is C39H29N3. The fourth-order valence-corrected chi connectivity index (χ4v) is 5.41. The zero-order chi connectivity index (χ0) is 28.5. The molecule has 0 bridgehead atoms. The maximum Gasteiger partial charge on any atom is 0.0973 e. The molecule has 7 rings (SSSR count). The van der Waals surface area contributed by atoms with Gasteiger partial charge in [-0.25, -0.2) is 9.97 Å². The SMILES string of the molecule is Cc1ccc(-c2cc3nc(-c4ccccc4)c(-c4ccc(-c5ccncc5)cc4)nc3cc2-c2ccc(C)cc2)cc1. The van der Waals surface area contributed by atoms with Gasteiger partial charge in [-0.1, -0.05) is 114 Å². The maximum absolute atomic E-state index is 5.30. The van der Waals surface area contributed by atoms with Crippen LogP contribution in [0.15, 0.2) is 140 Å². The predicted molar refractivity (Wildman–Crippen MR) is 174 cm³/mol. The number of rotatable bonds is 5. The highest BCUT2D eigenvalue weighted by Gasteiger charge is 2.17. The van der Waals surface area contributed by atoms with Gasteiger partial charge in [-0.05, 0) is 71.5 Å². The predicted octanol–water partition coefficient (Wildman–Crippen LogP) is 9.98. The maximum atomic E-state index is 5.30. The Morgan fingerprint density at radius 3 is 1.29 bits per heavy atom. The smallest absolute Gasteiger partial charge is 0.0973 e. The van der Waals surface area contributed by atoms with Crippen molar-refractivity contribution in [1.82, 2.24) is 15.0 Å². The molecule has 0 saturated carbocycles. The average Bonchev–Trinajstić information content (AvgIpc) is 3.05. The Morgan fingerprint density at radius 2 is 0.786 bits per heavy atom. The Morgan fingerprint density at radius 1 is 0.381 bits per heavy atom. The lowest BCUT2D eigenvalue weighted by Crippen LogP contribution is -1.97. The standard InChI is InChI=1S/C39H29N3/c1-26-8-12-30(13-9-26)34-24-36-37(25-35(34)31-14-10-27(2)11-15-31)42-39(38(41-36)32-6-4-3-5-7-32)33-18-16-28(17-19-33)29-20-22-40-23-21-29/h3-25H,1-2H3. The summed E-state index contributed by atoms with van der Waals surface area (Å²) in [6.45, 7) is 4.24. The number of nitrogens with zero attached hydrogens (tertiary/aromatic N) is 3. The number of hydrogen-bond donors (Lipinski definition) is 0. The molecule has 3 nitrogen and oxygen atoms in total. The van der Waals surface area contributed by atoms with Crippen LogP contribution >= 0.6 is 0 Å². The van der Waals surface area contributed by atoms with E-state index in [0.29, 0.717) is 0 Å². The van der Waals surface area contributed by atoms with Gasteiger partial charge in [0.1, 0.15) is 0 Å². The van der Waals surface area contributed by atoms with Gasteiger partial charge in [0.05, 0.1) is 22.4 Å². The van der Waals surface area contributed by atoms with Crippen molar-refractivity contribution in [2.45, 2.75) is 13.8 Å². The molecule has 0 radical (unpaired) electrons. The number of pyridine rings is 1. The molecule has 42 heavy (non-hydrogen) atoms. The second-order valence-corrected chi connectivity index (χ2v) is 10.7. The van der Waals surface area contributed by atoms with E-state index in [0.717, 1.165) is 66.9 Å². The van der Waals surface area contributed by atoms with E-state index in [4.69, 9.17) is 9.97 Å². The second kappa shape index (κ2) is 10.9. The summed E-state index contributed by atoms with van der Waals surface area (Å²) in [5.74, 6) is 0. The van der Waals surface area contributed by atoms with E-state index in [2.05, 4.69) is 128 Å². The van der Waals surface area contributed by atoms with Crippen molar-refractivity contribution in [1.29, 1.82) is 0 Å². The quantitative estimate of drug-likeness (QED) is 0.218. The van der Waals surface area contributed by atoms with Crippen LogP contribution < -0.4 is 0 Å². The van der Waals surface area contributed by atoms with Gasteiger partial charge < -0.3 is 0 Å². The van der Waals surface area contributed by atoms with Crippen molar-refractivity contribution < 1.29 is 0 Å². The first-order valence-corrected chi connectivity index (χ1v) is 14.2. The number of aromatic nitrogens is 3. The first-order valence-electron chi connectivity index (χ1n) is 14.2. The molecule has 200 valence electrons. The lowest BCUT2D eigenvalue weighted by molar-refractivity contribution is 1.29. The molecule has 2 heterocycles. The summed E-state index contributed by atoms with van der Waals surface area (Å²) < 4.78 is 0. The third kappa shape index (κ3) is 4.97. The Balaban J connectivity index is 1.45. The summed E-state index contributed by atoms with van der Waals surface area (Å²) in [6, 6.07) is 44.8. The second-order valence-electron chi connectivity index (χ2n) is 10.7. The molecule has 2 aromatic heterocycles. The summed E-state index contributed by atoms with van der Waals surface area (Å²) in [4.78, 5) is 14.7. The summed E-state index contributed by atoms with van der Waals surface area (Å²) >= 11 is 0. The summed E-state index contributed by atoms with van der Waals surface area (Å²) in [6.07, 6.45) is 3.64. The third-order valence-electron chi connectivity index (χ3n) is 7.75. The van der Waals surface area contributed by atoms with Crippen LogP contribution in [-0.4, -0.2) is 15.0 Å². The molecule has 0 amide bonds. The van der Waals surface area contributed by atoms with Crippen molar-refractivity contribution >= 4 is 11.0 Å². The lowest BCUT2D eigenvalue weighted by Gasteiger charge is -2.15. The van der Waals surface area contributed by atoms with Crippen LogP contribution in [0.25, 0.3) is 66.9 Å². The van der Waals surface area contributed by atoms with Gasteiger partial charge in [-0.15, -0.1) is 0 Å². The molecule has 0 spiro atoms. The van der Waals surface area contributed by atoms with E-state index in [1.807, 2.05) is 30.6 Å². The first-order chi connectivity index (χ1) is 20.6. The summed E-state index contributed by atoms with van der Waals surface area (Å²) in [7, 11) is 0. The summed E-state index contributed by atoms with van der Waals surface area (Å²) in [5.41, 5.74) is 14.9. The molecule has 0 aliphatic rings. The zero-order valence-electron chi connectivity index (χ0n) is 23.6. The van der Waals surface area contributed by atoms with Crippen molar-refractivity contribution in [3.8, 4) is 55.9 Å². The summed E-state index contributed by atoms with van der Waals surface area (Å²) in [5, 5.41) is 0. The van der Waals surface area contributed by atoms with Crippen molar-refractivity contribution in [3.05, 3.63) is 151 Å². The lowest BCUT2D eigenvalue weighted by atomic mass is 9.92. The number of fused-ring (bicyclic) bond motifs is 1. The minimum Gasteiger partial charge on any atom is -0.265 e. The molecule has 3 heteroatoms. The molecule has 0 aliphatic carbocycles. The first kappa shape index (κ1) is 25.6. The van der Waals surface area contributed by atoms with Gasteiger partial charge in [0.2, 0.25) is 0 Å². The molecule has 0 unspecified atom stereocenters. The molecule has 0 fully saturated rings. The van der Waals surface area contributed by atoms with Gasteiger partial charge in [-0.3, -0.25) is 4.98 Å². The van der Waals surface area contributed by atoms with E-state index in [9.17, 15) is 0 Å². The van der Waals surface area contributed by atoms with Crippen LogP contribution in [0.2, 0.25) is 0 Å². The fraction of sp³-hybridized carbons (Fsp3) is 0.0513. The van der Waals surface area contributed by atoms with Crippen LogP contribution in [0.5, 0.6) is 0 Å². The minimum atomic E-state index is 0.868. The molecule has 7 aromatic rings. The highest BCUT2D eigenvalue weighted by atomic mass is 14.8. The highest BCUT2D eigenvalue weighted by molar-refractivity contribution is 5.96.